The lowest BCUT2D eigenvalue weighted by Gasteiger charge is -2.39. The Kier molecular flexibility index (Phi) is 5.16. The molecule has 0 spiro atoms. The van der Waals surface area contributed by atoms with Crippen LogP contribution in [0.3, 0.4) is 0 Å². The van der Waals surface area contributed by atoms with Crippen molar-refractivity contribution in [3.8, 4) is 0 Å². The van der Waals surface area contributed by atoms with Crippen LogP contribution in [0, 0.1) is 5.92 Å². The Morgan fingerprint density at radius 2 is 1.95 bits per heavy atom. The van der Waals surface area contributed by atoms with E-state index in [9.17, 15) is 0 Å². The molecule has 1 aromatic carbocycles. The highest BCUT2D eigenvalue weighted by Gasteiger charge is 2.33. The molecule has 0 fully saturated rings. The number of fused-ring (bicyclic) bond motifs is 1. The summed E-state index contributed by atoms with van der Waals surface area (Å²) in [6, 6.07) is 6.44. The van der Waals surface area contributed by atoms with Gasteiger partial charge in [-0.2, -0.15) is 0 Å². The highest BCUT2D eigenvalue weighted by Crippen LogP contribution is 2.41. The molecule has 0 saturated heterocycles. The maximum atomic E-state index is 8.86. The lowest BCUT2D eigenvalue weighted by atomic mass is 9.66. The monoisotopic (exact) mass is 261 g/mol. The predicted molar refractivity (Wildman–Crippen MR) is 82.3 cm³/mol. The first-order valence-electron chi connectivity index (χ1n) is 7.29. The van der Waals surface area contributed by atoms with Crippen molar-refractivity contribution in [2.24, 2.45) is 11.1 Å². The molecule has 0 saturated carbocycles. The summed E-state index contributed by atoms with van der Waals surface area (Å²) in [5, 5.41) is 12.2. The zero-order valence-electron chi connectivity index (χ0n) is 13.1. The Balaban J connectivity index is 0.000000861. The van der Waals surface area contributed by atoms with Gasteiger partial charge in [-0.25, -0.2) is 0 Å². The maximum absolute atomic E-state index is 8.86. The Hall–Kier alpha value is -1.31. The van der Waals surface area contributed by atoms with E-state index in [1.807, 2.05) is 20.8 Å². The number of hydrogen-bond acceptors (Lipinski definition) is 2. The van der Waals surface area contributed by atoms with Crippen molar-refractivity contribution in [2.45, 2.75) is 59.8 Å². The average molecular weight is 261 g/mol. The van der Waals surface area contributed by atoms with Gasteiger partial charge in [0.2, 0.25) is 0 Å². The summed E-state index contributed by atoms with van der Waals surface area (Å²) in [5.41, 5.74) is 4.77. The summed E-state index contributed by atoms with van der Waals surface area (Å²) in [7, 11) is 0. The molecule has 1 unspecified atom stereocenters. The van der Waals surface area contributed by atoms with Gasteiger partial charge in [-0.3, -0.25) is 0 Å². The van der Waals surface area contributed by atoms with Crippen LogP contribution in [0.15, 0.2) is 23.4 Å². The molecule has 0 heterocycles. The van der Waals surface area contributed by atoms with E-state index in [4.69, 9.17) is 5.21 Å². The van der Waals surface area contributed by atoms with Crippen molar-refractivity contribution in [1.82, 2.24) is 0 Å². The lowest BCUT2D eigenvalue weighted by Crippen LogP contribution is -2.32. The molecule has 106 valence electrons. The summed E-state index contributed by atoms with van der Waals surface area (Å²) < 4.78 is 0. The molecule has 1 aliphatic rings. The van der Waals surface area contributed by atoms with E-state index in [1.54, 1.807) is 0 Å². The maximum Gasteiger partial charge on any atom is 0.0837 e. The normalized spacial score (nSPS) is 21.2. The van der Waals surface area contributed by atoms with E-state index in [-0.39, 0.29) is 5.41 Å². The fraction of sp³-hybridized carbons (Fsp3) is 0.588. The standard InChI is InChI=1S/C15H21NO.C2H6/c1-10-5-6-12-7-8-13(11(2)16-17)9-14(12)15(10,3)4;1-2/h7-10,17H,5-6H2,1-4H3;1-2H3/b16-11-;. The number of aryl methyl sites for hydroxylation is 1. The van der Waals surface area contributed by atoms with Crippen LogP contribution in [0.5, 0.6) is 0 Å². The Morgan fingerprint density at radius 3 is 2.53 bits per heavy atom. The van der Waals surface area contributed by atoms with Gasteiger partial charge in [0.15, 0.2) is 0 Å². The molecule has 1 aromatic rings. The number of oxime groups is 1. The Labute approximate surface area is 117 Å². The third-order valence-corrected chi connectivity index (χ3v) is 4.45. The van der Waals surface area contributed by atoms with Gasteiger partial charge in [-0.05, 0) is 53.9 Å². The van der Waals surface area contributed by atoms with E-state index in [1.165, 1.54) is 17.5 Å². The fourth-order valence-electron chi connectivity index (χ4n) is 2.68. The average Bonchev–Trinajstić information content (AvgIpc) is 2.44. The fourth-order valence-corrected chi connectivity index (χ4v) is 2.68. The Morgan fingerprint density at radius 1 is 1.32 bits per heavy atom. The van der Waals surface area contributed by atoms with Crippen LogP contribution in [-0.2, 0) is 11.8 Å². The summed E-state index contributed by atoms with van der Waals surface area (Å²) >= 11 is 0. The second-order valence-corrected chi connectivity index (χ2v) is 5.72. The molecule has 0 radical (unpaired) electrons. The van der Waals surface area contributed by atoms with Crippen molar-refractivity contribution in [1.29, 1.82) is 0 Å². The summed E-state index contributed by atoms with van der Waals surface area (Å²) in [5.74, 6) is 0.691. The molecule has 0 aliphatic heterocycles. The summed E-state index contributed by atoms with van der Waals surface area (Å²) in [6.45, 7) is 12.8. The highest BCUT2D eigenvalue weighted by molar-refractivity contribution is 5.98. The molecule has 0 aromatic heterocycles. The molecule has 2 rings (SSSR count). The third-order valence-electron chi connectivity index (χ3n) is 4.45. The topological polar surface area (TPSA) is 32.6 Å². The van der Waals surface area contributed by atoms with Gasteiger partial charge < -0.3 is 5.21 Å². The third kappa shape index (κ3) is 2.99. The summed E-state index contributed by atoms with van der Waals surface area (Å²) in [6.07, 6.45) is 2.42. The molecular weight excluding hydrogens is 234 g/mol. The molecule has 2 nitrogen and oxygen atoms in total. The first kappa shape index (κ1) is 15.7. The SMILES string of the molecule is C/C(=N/O)c1ccc2c(c1)C(C)(C)C(C)CC2.CC. The number of nitrogens with zero attached hydrogens (tertiary/aromatic N) is 1. The van der Waals surface area contributed by atoms with Crippen molar-refractivity contribution in [3.05, 3.63) is 34.9 Å². The molecule has 19 heavy (non-hydrogen) atoms. The second kappa shape index (κ2) is 6.23. The van der Waals surface area contributed by atoms with Crippen molar-refractivity contribution >= 4 is 5.71 Å². The number of rotatable bonds is 1. The molecule has 2 heteroatoms. The quantitative estimate of drug-likeness (QED) is 0.441. The molecule has 0 amide bonds. The molecule has 0 bridgehead atoms. The van der Waals surface area contributed by atoms with Gasteiger partial charge in [-0.1, -0.05) is 51.9 Å². The van der Waals surface area contributed by atoms with E-state index in [0.717, 1.165) is 12.0 Å². The van der Waals surface area contributed by atoms with Crippen LogP contribution in [0.25, 0.3) is 0 Å². The van der Waals surface area contributed by atoms with Crippen molar-refractivity contribution in [3.63, 3.8) is 0 Å². The van der Waals surface area contributed by atoms with E-state index < -0.39 is 0 Å². The van der Waals surface area contributed by atoms with Gasteiger partial charge in [0.1, 0.15) is 0 Å². The van der Waals surface area contributed by atoms with Crippen molar-refractivity contribution in [2.75, 3.05) is 0 Å². The summed E-state index contributed by atoms with van der Waals surface area (Å²) in [4.78, 5) is 0. The Bertz CT molecular complexity index is 460. The first-order chi connectivity index (χ1) is 8.96. The van der Waals surface area contributed by atoms with Gasteiger partial charge in [0, 0.05) is 0 Å². The number of benzene rings is 1. The minimum atomic E-state index is 0.208. The van der Waals surface area contributed by atoms with E-state index in [0.29, 0.717) is 11.6 Å². The second-order valence-electron chi connectivity index (χ2n) is 5.72. The minimum absolute atomic E-state index is 0.208. The van der Waals surface area contributed by atoms with Gasteiger partial charge in [-0.15, -0.1) is 0 Å². The van der Waals surface area contributed by atoms with Crippen LogP contribution in [0.2, 0.25) is 0 Å². The smallest absolute Gasteiger partial charge is 0.0837 e. The van der Waals surface area contributed by atoms with Crippen LogP contribution in [0.1, 0.15) is 64.7 Å². The van der Waals surface area contributed by atoms with E-state index >= 15 is 0 Å². The zero-order valence-corrected chi connectivity index (χ0v) is 13.1. The first-order valence-corrected chi connectivity index (χ1v) is 7.29. The molecule has 1 N–H and O–H groups in total. The largest absolute Gasteiger partial charge is 0.411 e. The zero-order chi connectivity index (χ0) is 14.6. The highest BCUT2D eigenvalue weighted by atomic mass is 16.4. The van der Waals surface area contributed by atoms with Crippen LogP contribution >= 0.6 is 0 Å². The van der Waals surface area contributed by atoms with Gasteiger partial charge in [0.05, 0.1) is 5.71 Å². The molecule has 1 aliphatic carbocycles. The van der Waals surface area contributed by atoms with E-state index in [2.05, 4.69) is 44.1 Å². The van der Waals surface area contributed by atoms with Crippen LogP contribution in [0.4, 0.5) is 0 Å². The minimum Gasteiger partial charge on any atom is -0.411 e. The lowest BCUT2D eigenvalue weighted by molar-refractivity contribution is 0.302. The predicted octanol–water partition coefficient (Wildman–Crippen LogP) is 4.77. The molecule has 1 atom stereocenters. The molecular formula is C17H27NO. The number of hydrogen-bond donors (Lipinski definition) is 1. The van der Waals surface area contributed by atoms with Crippen LogP contribution in [-0.4, -0.2) is 10.9 Å². The van der Waals surface area contributed by atoms with Gasteiger partial charge in [0.25, 0.3) is 0 Å². The van der Waals surface area contributed by atoms with Crippen LogP contribution < -0.4 is 0 Å². The van der Waals surface area contributed by atoms with Crippen molar-refractivity contribution < 1.29 is 5.21 Å². The van der Waals surface area contributed by atoms with Gasteiger partial charge >= 0.3 is 0 Å².